The summed E-state index contributed by atoms with van der Waals surface area (Å²) >= 11 is 0. The lowest BCUT2D eigenvalue weighted by Gasteiger charge is -2.33. The Morgan fingerprint density at radius 2 is 1.91 bits per heavy atom. The molecule has 0 unspecified atom stereocenters. The van der Waals surface area contributed by atoms with Crippen LogP contribution < -0.4 is 4.74 Å². The number of fused-ring (bicyclic) bond motifs is 1. The van der Waals surface area contributed by atoms with Gasteiger partial charge in [0.15, 0.2) is 0 Å². The number of amides is 1. The number of benzene rings is 2. The van der Waals surface area contributed by atoms with Crippen molar-refractivity contribution in [1.82, 2.24) is 19.2 Å². The highest BCUT2D eigenvalue weighted by Crippen LogP contribution is 2.33. The van der Waals surface area contributed by atoms with Gasteiger partial charge in [-0.05, 0) is 62.9 Å². The standard InChI is InChI=1S/C26H32N4O4S/c1-18-8-5-6-15-30(18)35(32,33)24-16-19(12-13-23(24)34-2)26(31)29-14-7-9-20(17-29)25-27-21-10-3-4-11-22(21)28-25/h3-4,10-13,16,18,20H,5-9,14-15,17H2,1-2H3,(H,27,28)/t18-,20-/m0/s1. The van der Waals surface area contributed by atoms with Crippen LogP contribution in [0.25, 0.3) is 11.0 Å². The number of hydrogen-bond donors (Lipinski definition) is 1. The van der Waals surface area contributed by atoms with Crippen LogP contribution in [0.3, 0.4) is 0 Å². The van der Waals surface area contributed by atoms with Crippen LogP contribution in [0.2, 0.25) is 0 Å². The monoisotopic (exact) mass is 496 g/mol. The molecule has 9 heteroatoms. The van der Waals surface area contributed by atoms with E-state index in [2.05, 4.69) is 4.98 Å². The van der Waals surface area contributed by atoms with E-state index in [1.807, 2.05) is 36.1 Å². The minimum absolute atomic E-state index is 0.0606. The van der Waals surface area contributed by atoms with E-state index in [1.54, 1.807) is 16.4 Å². The Morgan fingerprint density at radius 3 is 2.69 bits per heavy atom. The zero-order valence-corrected chi connectivity index (χ0v) is 21.1. The number of nitrogens with one attached hydrogen (secondary N) is 1. The van der Waals surface area contributed by atoms with Gasteiger partial charge < -0.3 is 14.6 Å². The molecule has 2 aromatic carbocycles. The molecule has 3 heterocycles. The Balaban J connectivity index is 1.41. The Labute approximate surface area is 206 Å². The van der Waals surface area contributed by atoms with E-state index in [-0.39, 0.29) is 28.5 Å². The first-order chi connectivity index (χ1) is 16.9. The molecule has 2 saturated heterocycles. The second-order valence-electron chi connectivity index (χ2n) is 9.56. The molecule has 1 N–H and O–H groups in total. The van der Waals surface area contributed by atoms with Crippen molar-refractivity contribution in [2.45, 2.75) is 55.9 Å². The van der Waals surface area contributed by atoms with Crippen LogP contribution in [0.5, 0.6) is 5.75 Å². The van der Waals surface area contributed by atoms with Crippen molar-refractivity contribution in [3.8, 4) is 5.75 Å². The third kappa shape index (κ3) is 4.54. The largest absolute Gasteiger partial charge is 0.495 e. The van der Waals surface area contributed by atoms with E-state index in [1.165, 1.54) is 13.2 Å². The van der Waals surface area contributed by atoms with Crippen LogP contribution >= 0.6 is 0 Å². The first-order valence-corrected chi connectivity index (χ1v) is 13.8. The molecule has 2 fully saturated rings. The predicted molar refractivity (Wildman–Crippen MR) is 134 cm³/mol. The molecular weight excluding hydrogens is 464 g/mol. The number of para-hydroxylation sites is 2. The van der Waals surface area contributed by atoms with Crippen molar-refractivity contribution in [2.75, 3.05) is 26.7 Å². The topological polar surface area (TPSA) is 95.6 Å². The predicted octanol–water partition coefficient (Wildman–Crippen LogP) is 4.15. The quantitative estimate of drug-likeness (QED) is 0.572. The van der Waals surface area contributed by atoms with E-state index < -0.39 is 10.0 Å². The summed E-state index contributed by atoms with van der Waals surface area (Å²) in [4.78, 5) is 23.5. The lowest BCUT2D eigenvalue weighted by atomic mass is 9.96. The molecule has 0 bridgehead atoms. The third-order valence-electron chi connectivity index (χ3n) is 7.24. The average molecular weight is 497 g/mol. The summed E-state index contributed by atoms with van der Waals surface area (Å²) in [5.41, 5.74) is 2.27. The van der Waals surface area contributed by atoms with Crippen molar-refractivity contribution in [3.63, 3.8) is 0 Å². The van der Waals surface area contributed by atoms with Crippen molar-refractivity contribution >= 4 is 27.0 Å². The zero-order chi connectivity index (χ0) is 24.6. The molecule has 1 aromatic heterocycles. The van der Waals surface area contributed by atoms with Gasteiger partial charge in [0.25, 0.3) is 5.91 Å². The number of aromatic amines is 1. The highest BCUT2D eigenvalue weighted by atomic mass is 32.2. The van der Waals surface area contributed by atoms with Crippen LogP contribution in [-0.4, -0.2) is 66.3 Å². The summed E-state index contributed by atoms with van der Waals surface area (Å²) < 4.78 is 34.1. The van der Waals surface area contributed by atoms with Gasteiger partial charge in [-0.3, -0.25) is 4.79 Å². The second-order valence-corrected chi connectivity index (χ2v) is 11.4. The van der Waals surface area contributed by atoms with Crippen molar-refractivity contribution in [3.05, 3.63) is 53.9 Å². The molecule has 186 valence electrons. The highest BCUT2D eigenvalue weighted by Gasteiger charge is 2.34. The summed E-state index contributed by atoms with van der Waals surface area (Å²) in [6.07, 6.45) is 4.49. The molecule has 3 aromatic rings. The number of H-pyrrole nitrogens is 1. The number of methoxy groups -OCH3 is 1. The molecule has 5 rings (SSSR count). The summed E-state index contributed by atoms with van der Waals surface area (Å²) in [6.45, 7) is 3.59. The van der Waals surface area contributed by atoms with Gasteiger partial charge in [-0.25, -0.2) is 13.4 Å². The maximum absolute atomic E-state index is 13.6. The van der Waals surface area contributed by atoms with Gasteiger partial charge >= 0.3 is 0 Å². The van der Waals surface area contributed by atoms with Crippen LogP contribution in [0.4, 0.5) is 0 Å². The first kappa shape index (κ1) is 23.8. The lowest BCUT2D eigenvalue weighted by molar-refractivity contribution is 0.0704. The van der Waals surface area contributed by atoms with Gasteiger partial charge in [0.2, 0.25) is 10.0 Å². The van der Waals surface area contributed by atoms with E-state index in [0.717, 1.165) is 49.0 Å². The minimum atomic E-state index is -3.79. The Kier molecular flexibility index (Phi) is 6.55. The molecular formula is C26H32N4O4S. The number of nitrogens with zero attached hydrogens (tertiary/aromatic N) is 3. The van der Waals surface area contributed by atoms with Crippen molar-refractivity contribution in [1.29, 1.82) is 0 Å². The fourth-order valence-corrected chi connectivity index (χ4v) is 7.18. The Hall–Kier alpha value is -2.91. The number of rotatable bonds is 5. The molecule has 2 atom stereocenters. The van der Waals surface area contributed by atoms with Crippen molar-refractivity contribution < 1.29 is 17.9 Å². The lowest BCUT2D eigenvalue weighted by Crippen LogP contribution is -2.42. The number of carbonyl (C=O) groups excluding carboxylic acids is 1. The average Bonchev–Trinajstić information content (AvgIpc) is 3.32. The Morgan fingerprint density at radius 1 is 1.09 bits per heavy atom. The van der Waals surface area contributed by atoms with Crippen LogP contribution in [0.1, 0.15) is 61.1 Å². The smallest absolute Gasteiger partial charge is 0.253 e. The molecule has 0 radical (unpaired) electrons. The van der Waals surface area contributed by atoms with Crippen LogP contribution in [0.15, 0.2) is 47.4 Å². The molecule has 2 aliphatic rings. The number of imidazole rings is 1. The van der Waals surface area contributed by atoms with E-state index in [0.29, 0.717) is 25.2 Å². The SMILES string of the molecule is COc1ccc(C(=O)N2CCC[C@H](c3nc4ccccc4[nH]3)C2)cc1S(=O)(=O)N1CCCC[C@@H]1C. The first-order valence-electron chi connectivity index (χ1n) is 12.3. The molecule has 2 aliphatic heterocycles. The number of hydrogen-bond acceptors (Lipinski definition) is 5. The zero-order valence-electron chi connectivity index (χ0n) is 20.2. The Bertz CT molecular complexity index is 1300. The maximum atomic E-state index is 13.6. The fraction of sp³-hybridized carbons (Fsp3) is 0.462. The van der Waals surface area contributed by atoms with E-state index in [4.69, 9.17) is 9.72 Å². The summed E-state index contributed by atoms with van der Waals surface area (Å²) in [5.74, 6) is 1.09. The van der Waals surface area contributed by atoms with E-state index >= 15 is 0 Å². The maximum Gasteiger partial charge on any atom is 0.253 e. The van der Waals surface area contributed by atoms with Gasteiger partial charge in [-0.1, -0.05) is 18.6 Å². The number of likely N-dealkylation sites (tertiary alicyclic amines) is 1. The fourth-order valence-electron chi connectivity index (χ4n) is 5.30. The number of sulfonamides is 1. The molecule has 1 amide bonds. The number of ether oxygens (including phenoxy) is 1. The van der Waals surface area contributed by atoms with Crippen molar-refractivity contribution in [2.24, 2.45) is 0 Å². The summed E-state index contributed by atoms with van der Waals surface area (Å²) in [7, 11) is -2.33. The second kappa shape index (κ2) is 9.62. The van der Waals surface area contributed by atoms with Gasteiger partial charge in [0.1, 0.15) is 16.5 Å². The molecule has 35 heavy (non-hydrogen) atoms. The number of carbonyl (C=O) groups is 1. The molecule has 0 spiro atoms. The van der Waals surface area contributed by atoms with Gasteiger partial charge in [0, 0.05) is 37.2 Å². The summed E-state index contributed by atoms with van der Waals surface area (Å²) in [5, 5.41) is 0. The summed E-state index contributed by atoms with van der Waals surface area (Å²) in [6, 6.07) is 12.6. The number of aromatic nitrogens is 2. The van der Waals surface area contributed by atoms with Gasteiger partial charge in [-0.2, -0.15) is 4.31 Å². The van der Waals surface area contributed by atoms with Crippen LogP contribution in [0, 0.1) is 0 Å². The normalized spacial score (nSPS) is 21.8. The molecule has 0 aliphatic carbocycles. The minimum Gasteiger partial charge on any atom is -0.495 e. The van der Waals surface area contributed by atoms with Crippen LogP contribution in [-0.2, 0) is 10.0 Å². The molecule has 0 saturated carbocycles. The van der Waals surface area contributed by atoms with Gasteiger partial charge in [-0.15, -0.1) is 0 Å². The third-order valence-corrected chi connectivity index (χ3v) is 9.28. The van der Waals surface area contributed by atoms with Gasteiger partial charge in [0.05, 0.1) is 18.1 Å². The van der Waals surface area contributed by atoms with E-state index in [9.17, 15) is 13.2 Å². The molecule has 8 nitrogen and oxygen atoms in total. The number of piperidine rings is 2. The highest BCUT2D eigenvalue weighted by molar-refractivity contribution is 7.89.